The second-order valence-corrected chi connectivity index (χ2v) is 2.78. The fraction of sp³-hybridized carbons (Fsp3) is 0.444. The number of pyridine rings is 1. The van der Waals surface area contributed by atoms with Crippen LogP contribution in [0.3, 0.4) is 0 Å². The summed E-state index contributed by atoms with van der Waals surface area (Å²) in [7, 11) is 0. The molecule has 0 amide bonds. The van der Waals surface area contributed by atoms with E-state index < -0.39 is 0 Å². The van der Waals surface area contributed by atoms with Crippen molar-refractivity contribution in [3.63, 3.8) is 0 Å². The van der Waals surface area contributed by atoms with Crippen molar-refractivity contribution in [1.82, 2.24) is 4.98 Å². The van der Waals surface area contributed by atoms with Crippen molar-refractivity contribution in [3.8, 4) is 0 Å². The molecule has 0 unspecified atom stereocenters. The Hall–Kier alpha value is -1.09. The van der Waals surface area contributed by atoms with Crippen LogP contribution in [0, 0.1) is 0 Å². The molecular formula is C9H12N2O. The second-order valence-electron chi connectivity index (χ2n) is 2.78. The first-order chi connectivity index (χ1) is 5.92. The van der Waals surface area contributed by atoms with E-state index in [0.29, 0.717) is 0 Å². The summed E-state index contributed by atoms with van der Waals surface area (Å²) in [5.41, 5.74) is 2.45. The third-order valence-electron chi connectivity index (χ3n) is 2.06. The number of anilines is 1. The van der Waals surface area contributed by atoms with E-state index in [2.05, 4.69) is 18.0 Å². The number of hydrogen-bond acceptors (Lipinski definition) is 3. The molecule has 1 aliphatic rings. The lowest BCUT2D eigenvalue weighted by molar-refractivity contribution is 0.103. The molecule has 0 bridgehead atoms. The SMILES string of the molecule is CCN1OCCc2ccncc21. The van der Waals surface area contributed by atoms with Crippen molar-refractivity contribution in [2.45, 2.75) is 13.3 Å². The molecule has 0 N–H and O–H groups in total. The monoisotopic (exact) mass is 164 g/mol. The van der Waals surface area contributed by atoms with E-state index in [1.54, 1.807) is 0 Å². The average molecular weight is 164 g/mol. The van der Waals surface area contributed by atoms with E-state index in [1.165, 1.54) is 5.56 Å². The maximum Gasteiger partial charge on any atom is 0.0852 e. The first kappa shape index (κ1) is 7.55. The fourth-order valence-electron chi connectivity index (χ4n) is 1.45. The van der Waals surface area contributed by atoms with Gasteiger partial charge in [-0.3, -0.25) is 14.9 Å². The van der Waals surface area contributed by atoms with Gasteiger partial charge < -0.3 is 0 Å². The Morgan fingerprint density at radius 2 is 2.58 bits per heavy atom. The van der Waals surface area contributed by atoms with Gasteiger partial charge in [-0.15, -0.1) is 0 Å². The Bertz CT molecular complexity index is 275. The van der Waals surface area contributed by atoms with Crippen LogP contribution in [0.4, 0.5) is 5.69 Å². The van der Waals surface area contributed by atoms with E-state index in [0.717, 1.165) is 25.3 Å². The summed E-state index contributed by atoms with van der Waals surface area (Å²) in [5.74, 6) is 0. The van der Waals surface area contributed by atoms with Gasteiger partial charge in [0.15, 0.2) is 0 Å². The summed E-state index contributed by atoms with van der Waals surface area (Å²) in [5, 5.41) is 1.89. The molecule has 0 spiro atoms. The Kier molecular flexibility index (Phi) is 1.96. The molecule has 3 nitrogen and oxygen atoms in total. The van der Waals surface area contributed by atoms with Crippen LogP contribution in [-0.4, -0.2) is 18.1 Å². The largest absolute Gasteiger partial charge is 0.273 e. The summed E-state index contributed by atoms with van der Waals surface area (Å²) >= 11 is 0. The molecule has 0 aliphatic carbocycles. The van der Waals surface area contributed by atoms with Crippen LogP contribution < -0.4 is 5.06 Å². The molecule has 0 fully saturated rings. The number of aromatic nitrogens is 1. The van der Waals surface area contributed by atoms with Crippen LogP contribution in [0.2, 0.25) is 0 Å². The van der Waals surface area contributed by atoms with Crippen molar-refractivity contribution in [3.05, 3.63) is 24.0 Å². The standard InChI is InChI=1S/C9H12N2O/c1-2-11-9-7-10-5-3-8(9)4-6-12-11/h3,5,7H,2,4,6H2,1H3. The third kappa shape index (κ3) is 1.16. The van der Waals surface area contributed by atoms with E-state index in [1.807, 2.05) is 17.5 Å². The minimum atomic E-state index is 0.783. The molecule has 1 aliphatic heterocycles. The highest BCUT2D eigenvalue weighted by atomic mass is 16.7. The van der Waals surface area contributed by atoms with E-state index >= 15 is 0 Å². The van der Waals surface area contributed by atoms with Crippen molar-refractivity contribution >= 4 is 5.69 Å². The highest BCUT2D eigenvalue weighted by Gasteiger charge is 2.15. The molecule has 2 rings (SSSR count). The predicted molar refractivity (Wildman–Crippen MR) is 46.9 cm³/mol. The average Bonchev–Trinajstić information content (AvgIpc) is 2.17. The van der Waals surface area contributed by atoms with Crippen molar-refractivity contribution in [1.29, 1.82) is 0 Å². The summed E-state index contributed by atoms with van der Waals surface area (Å²) in [6.07, 6.45) is 4.68. The second kappa shape index (κ2) is 3.11. The van der Waals surface area contributed by atoms with Gasteiger partial charge >= 0.3 is 0 Å². The minimum Gasteiger partial charge on any atom is -0.273 e. The number of fused-ring (bicyclic) bond motifs is 1. The lowest BCUT2D eigenvalue weighted by Crippen LogP contribution is -2.29. The van der Waals surface area contributed by atoms with Gasteiger partial charge in [-0.25, -0.2) is 0 Å². The van der Waals surface area contributed by atoms with Gasteiger partial charge in [0.2, 0.25) is 0 Å². The van der Waals surface area contributed by atoms with Crippen molar-refractivity contribution in [2.24, 2.45) is 0 Å². The molecule has 0 atom stereocenters. The van der Waals surface area contributed by atoms with Gasteiger partial charge in [0.05, 0.1) is 18.5 Å². The first-order valence-corrected chi connectivity index (χ1v) is 4.25. The lowest BCUT2D eigenvalue weighted by Gasteiger charge is -2.28. The normalized spacial score (nSPS) is 15.9. The maximum atomic E-state index is 5.45. The Labute approximate surface area is 71.9 Å². The molecule has 1 aromatic heterocycles. The summed E-state index contributed by atoms with van der Waals surface area (Å²) in [6.45, 7) is 3.73. The Morgan fingerprint density at radius 1 is 1.67 bits per heavy atom. The van der Waals surface area contributed by atoms with Crippen LogP contribution in [0.1, 0.15) is 12.5 Å². The smallest absolute Gasteiger partial charge is 0.0852 e. The van der Waals surface area contributed by atoms with Crippen molar-refractivity contribution in [2.75, 3.05) is 18.2 Å². The molecule has 0 saturated heterocycles. The molecule has 3 heteroatoms. The van der Waals surface area contributed by atoms with Gasteiger partial charge in [-0.1, -0.05) is 0 Å². The van der Waals surface area contributed by atoms with E-state index in [9.17, 15) is 0 Å². The van der Waals surface area contributed by atoms with Gasteiger partial charge in [0.25, 0.3) is 0 Å². The van der Waals surface area contributed by atoms with Crippen molar-refractivity contribution < 1.29 is 4.84 Å². The topological polar surface area (TPSA) is 25.4 Å². The number of hydrogen-bond donors (Lipinski definition) is 0. The van der Waals surface area contributed by atoms with Gasteiger partial charge in [-0.05, 0) is 18.6 Å². The Morgan fingerprint density at radius 3 is 3.42 bits per heavy atom. The number of hydroxylamine groups is 1. The quantitative estimate of drug-likeness (QED) is 0.627. The highest BCUT2D eigenvalue weighted by Crippen LogP contribution is 2.23. The van der Waals surface area contributed by atoms with Crippen LogP contribution >= 0.6 is 0 Å². The molecular weight excluding hydrogens is 152 g/mol. The number of nitrogens with zero attached hydrogens (tertiary/aromatic N) is 2. The summed E-state index contributed by atoms with van der Waals surface area (Å²) in [6, 6.07) is 2.06. The molecule has 0 aromatic carbocycles. The van der Waals surface area contributed by atoms with Crippen LogP contribution in [0.25, 0.3) is 0 Å². The van der Waals surface area contributed by atoms with Crippen LogP contribution in [0.5, 0.6) is 0 Å². The van der Waals surface area contributed by atoms with Gasteiger partial charge in [0, 0.05) is 19.2 Å². The zero-order valence-corrected chi connectivity index (χ0v) is 7.16. The van der Waals surface area contributed by atoms with Crippen LogP contribution in [-0.2, 0) is 11.3 Å². The van der Waals surface area contributed by atoms with Gasteiger partial charge in [-0.2, -0.15) is 0 Å². The summed E-state index contributed by atoms with van der Waals surface area (Å²) in [4.78, 5) is 9.52. The molecule has 64 valence electrons. The van der Waals surface area contributed by atoms with E-state index in [4.69, 9.17) is 4.84 Å². The minimum absolute atomic E-state index is 0.783. The fourth-order valence-corrected chi connectivity index (χ4v) is 1.45. The zero-order chi connectivity index (χ0) is 8.39. The third-order valence-corrected chi connectivity index (χ3v) is 2.06. The molecule has 1 aromatic rings. The van der Waals surface area contributed by atoms with Gasteiger partial charge in [0.1, 0.15) is 0 Å². The Balaban J connectivity index is 2.37. The lowest BCUT2D eigenvalue weighted by atomic mass is 10.1. The summed E-state index contributed by atoms with van der Waals surface area (Å²) < 4.78 is 0. The molecule has 0 radical (unpaired) electrons. The first-order valence-electron chi connectivity index (χ1n) is 4.25. The van der Waals surface area contributed by atoms with Crippen LogP contribution in [0.15, 0.2) is 18.5 Å². The predicted octanol–water partition coefficient (Wildman–Crippen LogP) is 1.40. The maximum absolute atomic E-state index is 5.45. The zero-order valence-electron chi connectivity index (χ0n) is 7.16. The molecule has 12 heavy (non-hydrogen) atoms. The van der Waals surface area contributed by atoms with E-state index in [-0.39, 0.29) is 0 Å². The molecule has 2 heterocycles. The highest BCUT2D eigenvalue weighted by molar-refractivity contribution is 5.50. The molecule has 0 saturated carbocycles. The number of rotatable bonds is 1.